The van der Waals surface area contributed by atoms with Crippen LogP contribution in [0.15, 0.2) is 41.8 Å². The van der Waals surface area contributed by atoms with E-state index < -0.39 is 0 Å². The Labute approximate surface area is 148 Å². The fourth-order valence-corrected chi connectivity index (χ4v) is 4.31. The molecule has 1 saturated carbocycles. The molecule has 3 aromatic rings. The lowest BCUT2D eigenvalue weighted by Gasteiger charge is -2.08. The summed E-state index contributed by atoms with van der Waals surface area (Å²) in [5.41, 5.74) is 1.01. The molecular formula is C17H16N4OS2. The lowest BCUT2D eigenvalue weighted by molar-refractivity contribution is 0.102. The zero-order chi connectivity index (χ0) is 16.5. The van der Waals surface area contributed by atoms with Crippen LogP contribution in [0.5, 0.6) is 0 Å². The van der Waals surface area contributed by atoms with Crippen LogP contribution in [-0.4, -0.2) is 31.3 Å². The first-order valence-corrected chi connectivity index (χ1v) is 9.60. The predicted molar refractivity (Wildman–Crippen MR) is 95.6 cm³/mol. The number of thiophene rings is 1. The van der Waals surface area contributed by atoms with Gasteiger partial charge in [0, 0.05) is 28.9 Å². The maximum absolute atomic E-state index is 12.3. The standard InChI is InChI=1S/C17H16N4OS2/c1-11-2-5-15(24-11)14(22)10-23-17-20-19-16(21(17)13-3-4-13)12-6-8-18-9-7-12/h2,5-9,13H,3-4,10H2,1H3. The van der Waals surface area contributed by atoms with Crippen LogP contribution in [0.4, 0.5) is 0 Å². The highest BCUT2D eigenvalue weighted by Crippen LogP contribution is 2.41. The number of Topliss-reactive ketones (excluding diaryl/α,β-unsaturated/α-hetero) is 1. The molecule has 7 heteroatoms. The van der Waals surface area contributed by atoms with Gasteiger partial charge in [0.1, 0.15) is 0 Å². The molecule has 0 aliphatic heterocycles. The van der Waals surface area contributed by atoms with Crippen LogP contribution >= 0.6 is 23.1 Å². The van der Waals surface area contributed by atoms with Crippen LogP contribution in [0, 0.1) is 6.92 Å². The minimum atomic E-state index is 0.147. The highest BCUT2D eigenvalue weighted by atomic mass is 32.2. The molecule has 0 amide bonds. The molecule has 3 heterocycles. The van der Waals surface area contributed by atoms with E-state index in [4.69, 9.17) is 0 Å². The topological polar surface area (TPSA) is 60.7 Å². The SMILES string of the molecule is Cc1ccc(C(=O)CSc2nnc(-c3ccncc3)n2C2CC2)s1. The van der Waals surface area contributed by atoms with Gasteiger partial charge in [0.2, 0.25) is 0 Å². The van der Waals surface area contributed by atoms with Gasteiger partial charge in [-0.3, -0.25) is 14.3 Å². The van der Waals surface area contributed by atoms with Gasteiger partial charge in [-0.1, -0.05) is 11.8 Å². The minimum Gasteiger partial charge on any atom is -0.299 e. The molecule has 0 saturated heterocycles. The zero-order valence-electron chi connectivity index (χ0n) is 13.2. The third-order valence-electron chi connectivity index (χ3n) is 3.86. The second-order valence-corrected chi connectivity index (χ2v) is 8.00. The maximum Gasteiger partial charge on any atom is 0.192 e. The summed E-state index contributed by atoms with van der Waals surface area (Å²) in [6.07, 6.45) is 5.80. The van der Waals surface area contributed by atoms with Crippen molar-refractivity contribution < 1.29 is 4.79 Å². The van der Waals surface area contributed by atoms with Crippen molar-refractivity contribution in [3.8, 4) is 11.4 Å². The molecule has 0 N–H and O–H groups in total. The van der Waals surface area contributed by atoms with Gasteiger partial charge in [-0.15, -0.1) is 21.5 Å². The molecule has 24 heavy (non-hydrogen) atoms. The van der Waals surface area contributed by atoms with Crippen LogP contribution in [0.25, 0.3) is 11.4 Å². The summed E-state index contributed by atoms with van der Waals surface area (Å²) in [5, 5.41) is 9.51. The Hall–Kier alpha value is -1.99. The fraction of sp³-hybridized carbons (Fsp3) is 0.294. The van der Waals surface area contributed by atoms with Crippen molar-refractivity contribution in [3.05, 3.63) is 46.4 Å². The number of ketones is 1. The van der Waals surface area contributed by atoms with E-state index in [2.05, 4.69) is 19.7 Å². The summed E-state index contributed by atoms with van der Waals surface area (Å²) >= 11 is 3.02. The highest BCUT2D eigenvalue weighted by Gasteiger charge is 2.30. The first kappa shape index (κ1) is 15.5. The zero-order valence-corrected chi connectivity index (χ0v) is 14.8. The molecule has 5 nitrogen and oxygen atoms in total. The van der Waals surface area contributed by atoms with Gasteiger partial charge in [0.05, 0.1) is 10.6 Å². The number of thioether (sulfide) groups is 1. The van der Waals surface area contributed by atoms with Crippen LogP contribution in [0.3, 0.4) is 0 Å². The molecule has 1 fully saturated rings. The first-order chi connectivity index (χ1) is 11.7. The summed E-state index contributed by atoms with van der Waals surface area (Å²) in [4.78, 5) is 18.4. The van der Waals surface area contributed by atoms with E-state index in [1.54, 1.807) is 23.7 Å². The number of aromatic nitrogens is 4. The van der Waals surface area contributed by atoms with Crippen LogP contribution < -0.4 is 0 Å². The summed E-state index contributed by atoms with van der Waals surface area (Å²) in [7, 11) is 0. The molecule has 0 unspecified atom stereocenters. The number of hydrogen-bond donors (Lipinski definition) is 0. The smallest absolute Gasteiger partial charge is 0.192 e. The second-order valence-electron chi connectivity index (χ2n) is 5.77. The average Bonchev–Trinajstić information content (AvgIpc) is 3.20. The molecule has 0 spiro atoms. The van der Waals surface area contributed by atoms with Crippen molar-refractivity contribution >= 4 is 28.9 Å². The van der Waals surface area contributed by atoms with E-state index in [0.717, 1.165) is 39.1 Å². The normalized spacial score (nSPS) is 14.0. The third-order valence-corrected chi connectivity index (χ3v) is 5.85. The van der Waals surface area contributed by atoms with Crippen molar-refractivity contribution in [3.63, 3.8) is 0 Å². The van der Waals surface area contributed by atoms with Crippen molar-refractivity contribution in [2.24, 2.45) is 0 Å². The summed E-state index contributed by atoms with van der Waals surface area (Å²) in [6.45, 7) is 2.01. The lowest BCUT2D eigenvalue weighted by Crippen LogP contribution is -2.03. The third kappa shape index (κ3) is 3.14. The number of aryl methyl sites for hydroxylation is 1. The molecule has 0 atom stereocenters. The Balaban J connectivity index is 1.55. The molecule has 0 radical (unpaired) electrons. The summed E-state index contributed by atoms with van der Waals surface area (Å²) in [6, 6.07) is 8.21. The number of nitrogens with zero attached hydrogens (tertiary/aromatic N) is 4. The fourth-order valence-electron chi connectivity index (χ4n) is 2.52. The van der Waals surface area contributed by atoms with Crippen LogP contribution in [0.1, 0.15) is 33.4 Å². The van der Waals surface area contributed by atoms with Gasteiger partial charge < -0.3 is 0 Å². The van der Waals surface area contributed by atoms with Gasteiger partial charge in [-0.2, -0.15) is 0 Å². The highest BCUT2D eigenvalue weighted by molar-refractivity contribution is 7.99. The lowest BCUT2D eigenvalue weighted by atomic mass is 10.2. The molecule has 1 aliphatic carbocycles. The molecule has 4 rings (SSSR count). The Morgan fingerprint density at radius 1 is 1.25 bits per heavy atom. The molecule has 0 aromatic carbocycles. The Morgan fingerprint density at radius 2 is 2.04 bits per heavy atom. The summed E-state index contributed by atoms with van der Waals surface area (Å²) in [5.74, 6) is 1.40. The monoisotopic (exact) mass is 356 g/mol. The van der Waals surface area contributed by atoms with Crippen molar-refractivity contribution in [2.45, 2.75) is 31.0 Å². The number of carbonyl (C=O) groups is 1. The second kappa shape index (κ2) is 6.49. The Kier molecular flexibility index (Phi) is 4.20. The molecule has 122 valence electrons. The quantitative estimate of drug-likeness (QED) is 0.493. The van der Waals surface area contributed by atoms with Crippen molar-refractivity contribution in [1.29, 1.82) is 0 Å². The molecular weight excluding hydrogens is 340 g/mol. The van der Waals surface area contributed by atoms with E-state index in [0.29, 0.717) is 11.8 Å². The van der Waals surface area contributed by atoms with Gasteiger partial charge in [0.25, 0.3) is 0 Å². The van der Waals surface area contributed by atoms with Gasteiger partial charge >= 0.3 is 0 Å². The van der Waals surface area contributed by atoms with E-state index >= 15 is 0 Å². The van der Waals surface area contributed by atoms with Crippen LogP contribution in [-0.2, 0) is 0 Å². The maximum atomic E-state index is 12.3. The van der Waals surface area contributed by atoms with Gasteiger partial charge in [-0.25, -0.2) is 0 Å². The number of rotatable bonds is 6. The number of carbonyl (C=O) groups excluding carboxylic acids is 1. The first-order valence-electron chi connectivity index (χ1n) is 7.80. The van der Waals surface area contributed by atoms with Gasteiger partial charge in [0.15, 0.2) is 16.8 Å². The number of pyridine rings is 1. The van der Waals surface area contributed by atoms with E-state index in [-0.39, 0.29) is 5.78 Å². The van der Waals surface area contributed by atoms with E-state index in [1.807, 2.05) is 31.2 Å². The number of hydrogen-bond acceptors (Lipinski definition) is 6. The average molecular weight is 356 g/mol. The Bertz CT molecular complexity index is 868. The van der Waals surface area contributed by atoms with Crippen molar-refractivity contribution in [1.82, 2.24) is 19.7 Å². The summed E-state index contributed by atoms with van der Waals surface area (Å²) < 4.78 is 2.17. The van der Waals surface area contributed by atoms with Crippen molar-refractivity contribution in [2.75, 3.05) is 5.75 Å². The van der Waals surface area contributed by atoms with E-state index in [1.165, 1.54) is 11.8 Å². The molecule has 0 bridgehead atoms. The van der Waals surface area contributed by atoms with E-state index in [9.17, 15) is 4.79 Å². The molecule has 3 aromatic heterocycles. The Morgan fingerprint density at radius 3 is 2.71 bits per heavy atom. The predicted octanol–water partition coefficient (Wildman–Crippen LogP) is 4.02. The minimum absolute atomic E-state index is 0.147. The largest absolute Gasteiger partial charge is 0.299 e. The van der Waals surface area contributed by atoms with Crippen LogP contribution in [0.2, 0.25) is 0 Å². The van der Waals surface area contributed by atoms with Gasteiger partial charge in [-0.05, 0) is 44.0 Å². The molecule has 1 aliphatic rings.